The third kappa shape index (κ3) is 10.8. The van der Waals surface area contributed by atoms with Crippen molar-refractivity contribution in [2.24, 2.45) is 17.4 Å². The Morgan fingerprint density at radius 1 is 0.881 bits per heavy atom. The van der Waals surface area contributed by atoms with E-state index < -0.39 is 17.7 Å². The van der Waals surface area contributed by atoms with Crippen LogP contribution in [0.4, 0.5) is 5.95 Å². The summed E-state index contributed by atoms with van der Waals surface area (Å²) in [7, 11) is 0. The van der Waals surface area contributed by atoms with Gasteiger partial charge in [0.1, 0.15) is 22.8 Å². The SMILES string of the molecule is CCc1nc(C)sc1C(=O)Cc1nc2cc(C(N)=O)cc(SC)c2n1C/C=C/Cn1c(NC(=O)c2cc(C)nn2CC)nc2cc(C(N)=O)cc(OCCCN3CCN(C(=O)C(C)C)CC3)c21. The standard InChI is InChI=1S/C47H58N12O6S2/c1-8-32-42(67-29(6)50-32)36(60)26-39-51-34-23-31(44(49)62)25-38(66-7)41(34)57(39)14-10-11-15-58-40-33(52-47(58)53-45(63)35-21-28(5)54-59(35)9-2)22-30(43(48)61)24-37(40)65-20-12-13-55-16-18-56(19-17-55)46(64)27(3)4/h10-11,21-25,27H,8-9,12-20,26H2,1-7H3,(H2,48,61)(H2,49,62)(H,52,53,63)/b11-10+. The highest BCUT2D eigenvalue weighted by molar-refractivity contribution is 7.98. The molecule has 1 fully saturated rings. The van der Waals surface area contributed by atoms with Gasteiger partial charge in [-0.1, -0.05) is 32.9 Å². The first-order valence-electron chi connectivity index (χ1n) is 22.5. The second kappa shape index (κ2) is 21.1. The van der Waals surface area contributed by atoms with Crippen molar-refractivity contribution in [2.45, 2.75) is 85.3 Å². The predicted octanol–water partition coefficient (Wildman–Crippen LogP) is 5.66. The number of nitrogens with zero attached hydrogens (tertiary/aromatic N) is 9. The van der Waals surface area contributed by atoms with Crippen molar-refractivity contribution in [1.82, 2.24) is 43.7 Å². The number of imidazole rings is 2. The van der Waals surface area contributed by atoms with Gasteiger partial charge in [0.2, 0.25) is 23.7 Å². The van der Waals surface area contributed by atoms with Crippen LogP contribution in [0.1, 0.15) is 97.2 Å². The van der Waals surface area contributed by atoms with Gasteiger partial charge in [-0.25, -0.2) is 15.0 Å². The Morgan fingerprint density at radius 3 is 2.19 bits per heavy atom. The summed E-state index contributed by atoms with van der Waals surface area (Å²) >= 11 is 2.81. The first-order valence-corrected chi connectivity index (χ1v) is 24.5. The van der Waals surface area contributed by atoms with E-state index in [1.165, 1.54) is 23.1 Å². The number of hydrogen-bond donors (Lipinski definition) is 3. The lowest BCUT2D eigenvalue weighted by Crippen LogP contribution is -2.50. The molecule has 0 radical (unpaired) electrons. The molecule has 1 saturated heterocycles. The number of aryl methyl sites for hydroxylation is 4. The van der Waals surface area contributed by atoms with Crippen LogP contribution in [0.5, 0.6) is 5.75 Å². The number of amides is 4. The Kier molecular flexibility index (Phi) is 15.3. The maximum absolute atomic E-state index is 13.9. The summed E-state index contributed by atoms with van der Waals surface area (Å²) in [6.45, 7) is 16.3. The maximum atomic E-state index is 13.9. The molecule has 4 amide bonds. The molecule has 7 rings (SSSR count). The molecule has 18 nitrogen and oxygen atoms in total. The quantitative estimate of drug-likeness (QED) is 0.0364. The van der Waals surface area contributed by atoms with E-state index in [-0.39, 0.29) is 42.1 Å². The summed E-state index contributed by atoms with van der Waals surface area (Å²) in [5.74, 6) is -0.539. The second-order valence-corrected chi connectivity index (χ2v) is 18.8. The van der Waals surface area contributed by atoms with E-state index >= 15 is 0 Å². The number of piperazine rings is 1. The van der Waals surface area contributed by atoms with Gasteiger partial charge in [0, 0.05) is 74.3 Å². The molecule has 20 heteroatoms. The van der Waals surface area contributed by atoms with E-state index in [9.17, 15) is 24.0 Å². The first-order chi connectivity index (χ1) is 32.1. The fraction of sp³-hybridized carbons (Fsp3) is 0.426. The molecule has 0 atom stereocenters. The molecular formula is C47H58N12O6S2. The number of thiazole rings is 1. The maximum Gasteiger partial charge on any atom is 0.276 e. The lowest BCUT2D eigenvalue weighted by Gasteiger charge is -2.35. The average Bonchev–Trinajstić information content (AvgIpc) is 4.07. The third-order valence-corrected chi connectivity index (χ3v) is 13.5. The number of Topliss-reactive ketones (excluding diaryl/α,β-unsaturated/α-hetero) is 1. The van der Waals surface area contributed by atoms with Crippen molar-refractivity contribution in [3.63, 3.8) is 0 Å². The highest BCUT2D eigenvalue weighted by atomic mass is 32.2. The van der Waals surface area contributed by atoms with Crippen LogP contribution < -0.4 is 21.5 Å². The van der Waals surface area contributed by atoms with Crippen LogP contribution in [0.15, 0.2) is 47.4 Å². The molecule has 1 aliphatic rings. The number of rotatable bonds is 20. The Bertz CT molecular complexity index is 2880. The summed E-state index contributed by atoms with van der Waals surface area (Å²) in [6.07, 6.45) is 7.06. The zero-order valence-electron chi connectivity index (χ0n) is 39.0. The topological polar surface area (TPSA) is 231 Å². The number of carbonyl (C=O) groups is 5. The summed E-state index contributed by atoms with van der Waals surface area (Å²) in [6, 6.07) is 8.28. The summed E-state index contributed by atoms with van der Waals surface area (Å²) < 4.78 is 11.9. The van der Waals surface area contributed by atoms with E-state index in [1.807, 2.05) is 74.0 Å². The minimum absolute atomic E-state index is 0.00391. The lowest BCUT2D eigenvalue weighted by atomic mass is 10.1. The monoisotopic (exact) mass is 950 g/mol. The fourth-order valence-electron chi connectivity index (χ4n) is 8.34. The zero-order valence-corrected chi connectivity index (χ0v) is 40.7. The number of fused-ring (bicyclic) bond motifs is 2. The molecule has 0 saturated carbocycles. The van der Waals surface area contributed by atoms with Crippen molar-refractivity contribution < 1.29 is 28.7 Å². The largest absolute Gasteiger partial charge is 0.491 e. The minimum atomic E-state index is -0.659. The summed E-state index contributed by atoms with van der Waals surface area (Å²) in [4.78, 5) is 85.2. The van der Waals surface area contributed by atoms with Crippen molar-refractivity contribution in [1.29, 1.82) is 0 Å². The van der Waals surface area contributed by atoms with Crippen LogP contribution in [0, 0.1) is 19.8 Å². The molecule has 5 heterocycles. The van der Waals surface area contributed by atoms with Crippen molar-refractivity contribution in [3.8, 4) is 5.75 Å². The van der Waals surface area contributed by atoms with Gasteiger partial charge in [0.25, 0.3) is 5.91 Å². The number of allylic oxidation sites excluding steroid dienone is 2. The molecule has 5 N–H and O–H groups in total. The number of aromatic nitrogens is 7. The van der Waals surface area contributed by atoms with E-state index in [1.54, 1.807) is 35.0 Å². The van der Waals surface area contributed by atoms with E-state index in [4.69, 9.17) is 26.2 Å². The molecule has 67 heavy (non-hydrogen) atoms. The molecular weight excluding hydrogens is 893 g/mol. The number of ether oxygens (including phenoxy) is 1. The van der Waals surface area contributed by atoms with Gasteiger partial charge in [-0.3, -0.25) is 38.9 Å². The first kappa shape index (κ1) is 48.6. The normalized spacial score (nSPS) is 13.4. The van der Waals surface area contributed by atoms with Gasteiger partial charge in [-0.15, -0.1) is 23.1 Å². The summed E-state index contributed by atoms with van der Waals surface area (Å²) in [5.41, 5.74) is 16.1. The molecule has 354 valence electrons. The van der Waals surface area contributed by atoms with Gasteiger partial charge in [-0.05, 0) is 70.2 Å². The Labute approximate surface area is 397 Å². The summed E-state index contributed by atoms with van der Waals surface area (Å²) in [5, 5.41) is 8.25. The van der Waals surface area contributed by atoms with Crippen LogP contribution in [-0.4, -0.2) is 119 Å². The van der Waals surface area contributed by atoms with Crippen LogP contribution in [0.2, 0.25) is 0 Å². The third-order valence-electron chi connectivity index (χ3n) is 11.6. The number of nitrogens with one attached hydrogen (secondary N) is 1. The van der Waals surface area contributed by atoms with Crippen LogP contribution >= 0.6 is 23.1 Å². The van der Waals surface area contributed by atoms with Crippen LogP contribution in [0.25, 0.3) is 22.1 Å². The number of primary amides is 2. The second-order valence-electron chi connectivity index (χ2n) is 16.7. The molecule has 6 aromatic rings. The number of benzene rings is 2. The lowest BCUT2D eigenvalue weighted by molar-refractivity contribution is -0.136. The molecule has 2 aromatic carbocycles. The molecule has 0 unspecified atom stereocenters. The number of hydrogen-bond acceptors (Lipinski definition) is 13. The van der Waals surface area contributed by atoms with Crippen molar-refractivity contribution in [3.05, 3.63) is 86.4 Å². The fourth-order valence-corrected chi connectivity index (χ4v) is 9.93. The number of ketones is 1. The Hall–Kier alpha value is -6.38. The molecule has 0 aliphatic carbocycles. The van der Waals surface area contributed by atoms with Gasteiger partial charge in [-0.2, -0.15) is 5.10 Å². The van der Waals surface area contributed by atoms with Crippen molar-refractivity contribution in [2.75, 3.05) is 50.9 Å². The average molecular weight is 951 g/mol. The Balaban J connectivity index is 1.21. The van der Waals surface area contributed by atoms with Gasteiger partial charge >= 0.3 is 0 Å². The van der Waals surface area contributed by atoms with Crippen LogP contribution in [-0.2, 0) is 37.3 Å². The number of nitrogens with two attached hydrogens (primary N) is 2. The van der Waals surface area contributed by atoms with Gasteiger partial charge < -0.3 is 30.2 Å². The smallest absolute Gasteiger partial charge is 0.276 e. The molecule has 0 bridgehead atoms. The van der Waals surface area contributed by atoms with E-state index in [0.29, 0.717) is 95.6 Å². The van der Waals surface area contributed by atoms with Gasteiger partial charge in [0.15, 0.2) is 5.78 Å². The van der Waals surface area contributed by atoms with Crippen LogP contribution in [0.3, 0.4) is 0 Å². The zero-order chi connectivity index (χ0) is 48.1. The van der Waals surface area contributed by atoms with E-state index in [0.717, 1.165) is 40.7 Å². The van der Waals surface area contributed by atoms with E-state index in [2.05, 4.69) is 20.3 Å². The molecule has 0 spiro atoms. The molecule has 1 aliphatic heterocycles. The number of carbonyl (C=O) groups excluding carboxylic acids is 5. The highest BCUT2D eigenvalue weighted by Gasteiger charge is 2.26. The highest BCUT2D eigenvalue weighted by Crippen LogP contribution is 2.33. The van der Waals surface area contributed by atoms with Crippen molar-refractivity contribution >= 4 is 80.5 Å². The number of anilines is 1. The predicted molar refractivity (Wildman–Crippen MR) is 260 cm³/mol. The minimum Gasteiger partial charge on any atom is -0.491 e. The molecule has 4 aromatic heterocycles. The van der Waals surface area contributed by atoms with Gasteiger partial charge in [0.05, 0.1) is 50.9 Å². The Morgan fingerprint density at radius 2 is 1.55 bits per heavy atom. The number of thioether (sulfide) groups is 1.